The van der Waals surface area contributed by atoms with Crippen LogP contribution in [0.2, 0.25) is 0 Å². The lowest BCUT2D eigenvalue weighted by molar-refractivity contribution is -0.115. The van der Waals surface area contributed by atoms with Crippen molar-refractivity contribution < 1.29 is 27.5 Å². The molecule has 3 aromatic carbocycles. The van der Waals surface area contributed by atoms with Crippen molar-refractivity contribution in [2.45, 2.75) is 13.0 Å². The van der Waals surface area contributed by atoms with Crippen LogP contribution in [0, 0.1) is 0 Å². The SMILES string of the molecule is COc1cc2c(cc1NC(=O)Cc1ccc(OC(F)F)cc1)oc1ccccc12. The van der Waals surface area contributed by atoms with Gasteiger partial charge in [0.1, 0.15) is 22.7 Å². The fraction of sp³-hybridized carbons (Fsp3) is 0.136. The number of furan rings is 1. The second-order valence-electron chi connectivity index (χ2n) is 6.39. The molecule has 0 saturated carbocycles. The number of fused-ring (bicyclic) bond motifs is 3. The second kappa shape index (κ2) is 7.79. The highest BCUT2D eigenvalue weighted by Gasteiger charge is 2.14. The first-order valence-corrected chi connectivity index (χ1v) is 8.86. The highest BCUT2D eigenvalue weighted by molar-refractivity contribution is 6.07. The fourth-order valence-corrected chi connectivity index (χ4v) is 3.19. The van der Waals surface area contributed by atoms with Gasteiger partial charge in [-0.15, -0.1) is 0 Å². The Bertz CT molecular complexity index is 1170. The van der Waals surface area contributed by atoms with Crippen molar-refractivity contribution >= 4 is 33.5 Å². The molecular weight excluding hydrogens is 380 g/mol. The average molecular weight is 397 g/mol. The van der Waals surface area contributed by atoms with Gasteiger partial charge >= 0.3 is 6.61 Å². The van der Waals surface area contributed by atoms with E-state index in [2.05, 4.69) is 10.1 Å². The van der Waals surface area contributed by atoms with Gasteiger partial charge in [-0.2, -0.15) is 8.78 Å². The number of carbonyl (C=O) groups is 1. The summed E-state index contributed by atoms with van der Waals surface area (Å²) in [5, 5.41) is 4.67. The third-order valence-corrected chi connectivity index (χ3v) is 4.49. The molecule has 1 aromatic heterocycles. The first kappa shape index (κ1) is 18.7. The number of rotatable bonds is 6. The van der Waals surface area contributed by atoms with Crippen LogP contribution in [-0.2, 0) is 11.2 Å². The van der Waals surface area contributed by atoms with E-state index in [4.69, 9.17) is 9.15 Å². The molecule has 29 heavy (non-hydrogen) atoms. The van der Waals surface area contributed by atoms with E-state index in [-0.39, 0.29) is 18.1 Å². The van der Waals surface area contributed by atoms with Crippen LogP contribution in [0.5, 0.6) is 11.5 Å². The minimum Gasteiger partial charge on any atom is -0.495 e. The molecule has 7 heteroatoms. The Morgan fingerprint density at radius 1 is 1.03 bits per heavy atom. The lowest BCUT2D eigenvalue weighted by atomic mass is 10.1. The average Bonchev–Trinajstić information content (AvgIpc) is 3.05. The highest BCUT2D eigenvalue weighted by atomic mass is 19.3. The number of hydrogen-bond donors (Lipinski definition) is 1. The van der Waals surface area contributed by atoms with Gasteiger partial charge in [-0.3, -0.25) is 4.79 Å². The Kier molecular flexibility index (Phi) is 5.03. The standard InChI is InChI=1S/C22H17F2NO4/c1-27-20-11-16-15-4-2-3-5-18(15)29-19(16)12-17(20)25-21(26)10-13-6-8-14(9-7-13)28-22(23)24/h2-9,11-12,22H,10H2,1H3,(H,25,26). The second-order valence-corrected chi connectivity index (χ2v) is 6.39. The van der Waals surface area contributed by atoms with Gasteiger partial charge in [0.25, 0.3) is 0 Å². The van der Waals surface area contributed by atoms with Crippen LogP contribution in [0.15, 0.2) is 65.1 Å². The van der Waals surface area contributed by atoms with Gasteiger partial charge < -0.3 is 19.2 Å². The number of amides is 1. The monoisotopic (exact) mass is 397 g/mol. The number of ether oxygens (including phenoxy) is 2. The van der Waals surface area contributed by atoms with E-state index in [0.29, 0.717) is 22.6 Å². The van der Waals surface area contributed by atoms with E-state index in [1.165, 1.54) is 19.2 Å². The molecule has 1 heterocycles. The summed E-state index contributed by atoms with van der Waals surface area (Å²) < 4.78 is 40.0. The van der Waals surface area contributed by atoms with Crippen LogP contribution in [0.4, 0.5) is 14.5 Å². The maximum atomic E-state index is 12.5. The normalized spacial score (nSPS) is 11.2. The molecule has 0 aliphatic carbocycles. The number of methoxy groups -OCH3 is 1. The van der Waals surface area contributed by atoms with Crippen LogP contribution < -0.4 is 14.8 Å². The molecule has 0 bridgehead atoms. The third kappa shape index (κ3) is 3.99. The first-order valence-electron chi connectivity index (χ1n) is 8.86. The molecule has 1 amide bonds. The smallest absolute Gasteiger partial charge is 0.387 e. The highest BCUT2D eigenvalue weighted by Crippen LogP contribution is 2.36. The molecular formula is C22H17F2NO4. The number of halogens is 2. The first-order chi connectivity index (χ1) is 14.0. The van der Waals surface area contributed by atoms with E-state index >= 15 is 0 Å². The number of carbonyl (C=O) groups excluding carboxylic acids is 1. The summed E-state index contributed by atoms with van der Waals surface area (Å²) in [5.41, 5.74) is 2.53. The zero-order valence-electron chi connectivity index (χ0n) is 15.4. The van der Waals surface area contributed by atoms with E-state index < -0.39 is 6.61 Å². The molecule has 0 aliphatic rings. The van der Waals surface area contributed by atoms with E-state index in [1.54, 1.807) is 18.2 Å². The zero-order valence-corrected chi connectivity index (χ0v) is 15.4. The molecule has 1 N–H and O–H groups in total. The Morgan fingerprint density at radius 3 is 2.52 bits per heavy atom. The summed E-state index contributed by atoms with van der Waals surface area (Å²) >= 11 is 0. The van der Waals surface area contributed by atoms with Crippen molar-refractivity contribution in [3.63, 3.8) is 0 Å². The number of alkyl halides is 2. The largest absolute Gasteiger partial charge is 0.495 e. The van der Waals surface area contributed by atoms with Crippen molar-refractivity contribution in [2.75, 3.05) is 12.4 Å². The minimum absolute atomic E-state index is 0.0427. The Morgan fingerprint density at radius 2 is 1.79 bits per heavy atom. The van der Waals surface area contributed by atoms with Crippen LogP contribution in [0.3, 0.4) is 0 Å². The van der Waals surface area contributed by atoms with Crippen molar-refractivity contribution in [3.8, 4) is 11.5 Å². The molecule has 0 saturated heterocycles. The zero-order chi connectivity index (χ0) is 20.4. The van der Waals surface area contributed by atoms with Gasteiger partial charge in [0.2, 0.25) is 5.91 Å². The van der Waals surface area contributed by atoms with Gasteiger partial charge in [0, 0.05) is 16.8 Å². The van der Waals surface area contributed by atoms with Crippen LogP contribution in [0.1, 0.15) is 5.56 Å². The summed E-state index contributed by atoms with van der Waals surface area (Å²) in [6.07, 6.45) is 0.0658. The minimum atomic E-state index is -2.88. The Hall–Kier alpha value is -3.61. The lowest BCUT2D eigenvalue weighted by Gasteiger charge is -2.11. The van der Waals surface area contributed by atoms with E-state index in [1.807, 2.05) is 30.3 Å². The maximum Gasteiger partial charge on any atom is 0.387 e. The lowest BCUT2D eigenvalue weighted by Crippen LogP contribution is -2.15. The van der Waals surface area contributed by atoms with E-state index in [9.17, 15) is 13.6 Å². The van der Waals surface area contributed by atoms with E-state index in [0.717, 1.165) is 16.4 Å². The molecule has 0 radical (unpaired) electrons. The van der Waals surface area contributed by atoms with Crippen molar-refractivity contribution in [1.29, 1.82) is 0 Å². The number of para-hydroxylation sites is 1. The predicted molar refractivity (Wildman–Crippen MR) is 106 cm³/mol. The van der Waals surface area contributed by atoms with Crippen LogP contribution >= 0.6 is 0 Å². The summed E-state index contributed by atoms with van der Waals surface area (Å²) in [4.78, 5) is 12.5. The van der Waals surface area contributed by atoms with Gasteiger partial charge in [-0.05, 0) is 29.8 Å². The summed E-state index contributed by atoms with van der Waals surface area (Å²) in [7, 11) is 1.53. The quantitative estimate of drug-likeness (QED) is 0.475. The molecule has 4 aromatic rings. The van der Waals surface area contributed by atoms with Gasteiger partial charge in [-0.25, -0.2) is 0 Å². The molecule has 0 spiro atoms. The molecule has 0 atom stereocenters. The van der Waals surface area contributed by atoms with Crippen LogP contribution in [0.25, 0.3) is 21.9 Å². The van der Waals surface area contributed by atoms with Crippen molar-refractivity contribution in [1.82, 2.24) is 0 Å². The molecule has 4 rings (SSSR count). The molecule has 5 nitrogen and oxygen atoms in total. The Balaban J connectivity index is 1.55. The topological polar surface area (TPSA) is 60.7 Å². The predicted octanol–water partition coefficient (Wildman–Crippen LogP) is 5.38. The number of anilines is 1. The summed E-state index contributed by atoms with van der Waals surface area (Å²) in [5.74, 6) is 0.278. The number of benzene rings is 3. The number of nitrogens with one attached hydrogen (secondary N) is 1. The molecule has 0 unspecified atom stereocenters. The van der Waals surface area contributed by atoms with Crippen molar-refractivity contribution in [3.05, 3.63) is 66.2 Å². The van der Waals surface area contributed by atoms with Gasteiger partial charge in [0.15, 0.2) is 0 Å². The van der Waals surface area contributed by atoms with Crippen LogP contribution in [-0.4, -0.2) is 19.6 Å². The summed E-state index contributed by atoms with van der Waals surface area (Å²) in [6, 6.07) is 17.1. The third-order valence-electron chi connectivity index (χ3n) is 4.49. The van der Waals surface area contributed by atoms with Crippen molar-refractivity contribution in [2.24, 2.45) is 0 Å². The number of hydrogen-bond acceptors (Lipinski definition) is 4. The Labute approximate surface area is 164 Å². The molecule has 0 aliphatic heterocycles. The van der Waals surface area contributed by atoms with Gasteiger partial charge in [0.05, 0.1) is 19.2 Å². The molecule has 148 valence electrons. The maximum absolute atomic E-state index is 12.5. The fourth-order valence-electron chi connectivity index (χ4n) is 3.19. The van der Waals surface area contributed by atoms with Gasteiger partial charge in [-0.1, -0.05) is 30.3 Å². The summed E-state index contributed by atoms with van der Waals surface area (Å²) in [6.45, 7) is -2.88. The molecule has 0 fully saturated rings.